The van der Waals surface area contributed by atoms with Crippen molar-refractivity contribution in [2.24, 2.45) is 0 Å². The first kappa shape index (κ1) is 13.2. The van der Waals surface area contributed by atoms with E-state index in [4.69, 9.17) is 0 Å². The molecule has 0 aromatic rings. The van der Waals surface area contributed by atoms with Crippen molar-refractivity contribution in [1.82, 2.24) is 0 Å². The molecule has 0 N–H and O–H groups in total. The van der Waals surface area contributed by atoms with Crippen LogP contribution in [0.5, 0.6) is 0 Å². The quantitative estimate of drug-likeness (QED) is 0.373. The average molecular weight is 192 g/mol. The van der Waals surface area contributed by atoms with E-state index in [0.29, 0.717) is 0 Å². The van der Waals surface area contributed by atoms with Gasteiger partial charge in [0.1, 0.15) is 0 Å². The van der Waals surface area contributed by atoms with Gasteiger partial charge in [-0.3, -0.25) is 0 Å². The summed E-state index contributed by atoms with van der Waals surface area (Å²) in [6, 6.07) is 0. The van der Waals surface area contributed by atoms with Crippen LogP contribution in [0.3, 0.4) is 0 Å². The van der Waals surface area contributed by atoms with Gasteiger partial charge in [-0.05, 0) is 39.0 Å². The molecule has 80 valence electrons. The van der Waals surface area contributed by atoms with Crippen LogP contribution < -0.4 is 0 Å². The predicted molar refractivity (Wildman–Crippen MR) is 66.5 cm³/mol. The second-order valence-electron chi connectivity index (χ2n) is 3.46. The smallest absolute Gasteiger partial charge is 0.0316 e. The van der Waals surface area contributed by atoms with Crippen LogP contribution in [-0.2, 0) is 0 Å². The molecule has 14 heavy (non-hydrogen) atoms. The molecule has 0 aliphatic carbocycles. The number of rotatable bonds is 8. The van der Waals surface area contributed by atoms with Gasteiger partial charge in [0.2, 0.25) is 0 Å². The molecule has 0 rings (SSSR count). The molecule has 0 unspecified atom stereocenters. The molecule has 0 saturated heterocycles. The van der Waals surface area contributed by atoms with Crippen molar-refractivity contribution >= 4 is 0 Å². The highest BCUT2D eigenvalue weighted by Gasteiger charge is 1.78. The van der Waals surface area contributed by atoms with Crippen LogP contribution in [0, 0.1) is 0 Å². The first-order chi connectivity index (χ1) is 6.91. The summed E-state index contributed by atoms with van der Waals surface area (Å²) in [6.07, 6.45) is 20.7. The monoisotopic (exact) mass is 192 g/mol. The first-order valence-electron chi connectivity index (χ1n) is 5.83. The molecule has 0 atom stereocenters. The van der Waals surface area contributed by atoms with E-state index in [1.54, 1.807) is 0 Å². The molecule has 0 saturated carbocycles. The van der Waals surface area contributed by atoms with Crippen LogP contribution in [-0.4, -0.2) is 0 Å². The highest BCUT2D eigenvalue weighted by molar-refractivity contribution is 4.89. The molecule has 0 fully saturated rings. The Morgan fingerprint density at radius 2 is 1.07 bits per heavy atom. The largest absolute Gasteiger partial charge is 0.0917 e. The zero-order valence-corrected chi connectivity index (χ0v) is 9.71. The van der Waals surface area contributed by atoms with Crippen LogP contribution in [0.25, 0.3) is 0 Å². The van der Waals surface area contributed by atoms with Crippen LogP contribution in [0.4, 0.5) is 0 Å². The van der Waals surface area contributed by atoms with Crippen molar-refractivity contribution in [3.8, 4) is 0 Å². The summed E-state index contributed by atoms with van der Waals surface area (Å²) < 4.78 is 0. The summed E-state index contributed by atoms with van der Waals surface area (Å²) in [4.78, 5) is 0. The predicted octanol–water partition coefficient (Wildman–Crippen LogP) is 5.04. The number of allylic oxidation sites excluding steroid dienone is 6. The van der Waals surface area contributed by atoms with Crippen LogP contribution >= 0.6 is 0 Å². The average Bonchev–Trinajstić information content (AvgIpc) is 2.21. The Labute approximate surface area is 89.4 Å². The fourth-order valence-corrected chi connectivity index (χ4v) is 1.19. The molecule has 0 amide bonds. The van der Waals surface area contributed by atoms with Crippen molar-refractivity contribution in [2.75, 3.05) is 0 Å². The second kappa shape index (κ2) is 12.2. The Hall–Kier alpha value is -0.780. The fraction of sp³-hybridized carbons (Fsp3) is 0.571. The summed E-state index contributed by atoms with van der Waals surface area (Å²) in [5, 5.41) is 0. The second-order valence-corrected chi connectivity index (χ2v) is 3.46. The van der Waals surface area contributed by atoms with Crippen molar-refractivity contribution < 1.29 is 0 Å². The van der Waals surface area contributed by atoms with E-state index in [0.717, 1.165) is 0 Å². The Bertz CT molecular complexity index is 172. The zero-order chi connectivity index (χ0) is 10.5. The summed E-state index contributed by atoms with van der Waals surface area (Å²) >= 11 is 0. The van der Waals surface area contributed by atoms with Gasteiger partial charge in [0.25, 0.3) is 0 Å². The van der Waals surface area contributed by atoms with Crippen molar-refractivity contribution in [3.05, 3.63) is 36.5 Å². The molecular weight excluding hydrogens is 168 g/mol. The van der Waals surface area contributed by atoms with Crippen LogP contribution in [0.1, 0.15) is 52.4 Å². The molecule has 0 aliphatic heterocycles. The minimum atomic E-state index is 1.18. The van der Waals surface area contributed by atoms with Gasteiger partial charge in [-0.1, -0.05) is 49.8 Å². The third-order valence-corrected chi connectivity index (χ3v) is 2.02. The highest BCUT2D eigenvalue weighted by Crippen LogP contribution is 1.98. The minimum absolute atomic E-state index is 1.18. The van der Waals surface area contributed by atoms with Crippen molar-refractivity contribution in [3.63, 3.8) is 0 Å². The topological polar surface area (TPSA) is 0 Å². The number of hydrogen-bond donors (Lipinski definition) is 0. The number of hydrogen-bond acceptors (Lipinski definition) is 0. The maximum atomic E-state index is 2.29. The fourth-order valence-electron chi connectivity index (χ4n) is 1.19. The summed E-state index contributed by atoms with van der Waals surface area (Å²) in [5.74, 6) is 0. The molecule has 0 aromatic heterocycles. The van der Waals surface area contributed by atoms with Gasteiger partial charge in [-0.15, -0.1) is 0 Å². The van der Waals surface area contributed by atoms with Gasteiger partial charge in [-0.2, -0.15) is 0 Å². The van der Waals surface area contributed by atoms with Gasteiger partial charge in [0, 0.05) is 0 Å². The summed E-state index contributed by atoms with van der Waals surface area (Å²) in [5.41, 5.74) is 0. The maximum absolute atomic E-state index is 2.29. The Morgan fingerprint density at radius 3 is 1.50 bits per heavy atom. The number of unbranched alkanes of at least 4 members (excludes halogenated alkanes) is 3. The lowest BCUT2D eigenvalue weighted by molar-refractivity contribution is 0.941. The van der Waals surface area contributed by atoms with Crippen molar-refractivity contribution in [2.45, 2.75) is 52.4 Å². The van der Waals surface area contributed by atoms with E-state index in [1.807, 2.05) is 0 Å². The van der Waals surface area contributed by atoms with Gasteiger partial charge in [0.05, 0.1) is 0 Å². The third-order valence-electron chi connectivity index (χ3n) is 2.02. The highest BCUT2D eigenvalue weighted by atomic mass is 13.8. The van der Waals surface area contributed by atoms with Crippen molar-refractivity contribution in [1.29, 1.82) is 0 Å². The third kappa shape index (κ3) is 11.2. The molecule has 0 spiro atoms. The van der Waals surface area contributed by atoms with E-state index in [-0.39, 0.29) is 0 Å². The van der Waals surface area contributed by atoms with Gasteiger partial charge in [-0.25, -0.2) is 0 Å². The van der Waals surface area contributed by atoms with Gasteiger partial charge < -0.3 is 0 Å². The standard InChI is InChI=1S/C14H24/c1-3-5-7-9-11-13-14-12-10-8-6-4-2/h3,5,8,10-11,13H,4,6-7,9,12,14H2,1-2H3/b5-3+,10-8+,13-11+. The van der Waals surface area contributed by atoms with E-state index in [1.165, 1.54) is 38.5 Å². The normalized spacial score (nSPS) is 12.4. The van der Waals surface area contributed by atoms with E-state index in [9.17, 15) is 0 Å². The molecule has 0 aliphatic rings. The zero-order valence-electron chi connectivity index (χ0n) is 9.71. The van der Waals surface area contributed by atoms with Crippen LogP contribution in [0.2, 0.25) is 0 Å². The van der Waals surface area contributed by atoms with E-state index < -0.39 is 0 Å². The Balaban J connectivity index is 3.18. The molecule has 0 heteroatoms. The molecule has 0 radical (unpaired) electrons. The molecular formula is C14H24. The minimum Gasteiger partial charge on any atom is -0.0917 e. The SMILES string of the molecule is C/C=C/CC/C=C/CC/C=C/CCC. The first-order valence-corrected chi connectivity index (χ1v) is 5.83. The summed E-state index contributed by atoms with van der Waals surface area (Å²) in [7, 11) is 0. The lowest BCUT2D eigenvalue weighted by Gasteiger charge is -1.88. The molecule has 0 nitrogen and oxygen atoms in total. The Kier molecular flexibility index (Phi) is 11.5. The Morgan fingerprint density at radius 1 is 0.643 bits per heavy atom. The van der Waals surface area contributed by atoms with Gasteiger partial charge in [0.15, 0.2) is 0 Å². The molecule has 0 bridgehead atoms. The lowest BCUT2D eigenvalue weighted by Crippen LogP contribution is -1.68. The van der Waals surface area contributed by atoms with E-state index >= 15 is 0 Å². The molecule has 0 aromatic carbocycles. The summed E-state index contributed by atoms with van der Waals surface area (Å²) in [6.45, 7) is 4.29. The van der Waals surface area contributed by atoms with E-state index in [2.05, 4.69) is 50.3 Å². The van der Waals surface area contributed by atoms with Crippen LogP contribution in [0.15, 0.2) is 36.5 Å². The lowest BCUT2D eigenvalue weighted by atomic mass is 10.2. The maximum Gasteiger partial charge on any atom is -0.0316 e. The van der Waals surface area contributed by atoms with Gasteiger partial charge >= 0.3 is 0 Å². The molecule has 0 heterocycles.